The molecule has 0 saturated heterocycles. The van der Waals surface area contributed by atoms with Crippen molar-refractivity contribution in [3.05, 3.63) is 28.8 Å². The molecule has 25 heavy (non-hydrogen) atoms. The molecule has 1 N–H and O–H groups in total. The number of aryl methyl sites for hydroxylation is 1. The van der Waals surface area contributed by atoms with Gasteiger partial charge in [0.25, 0.3) is 0 Å². The normalized spacial score (nSPS) is 13.0. The molecule has 1 aromatic carbocycles. The fourth-order valence-corrected chi connectivity index (χ4v) is 2.62. The second-order valence-electron chi connectivity index (χ2n) is 9.51. The van der Waals surface area contributed by atoms with E-state index >= 15 is 0 Å². The van der Waals surface area contributed by atoms with Crippen molar-refractivity contribution in [3.63, 3.8) is 0 Å². The highest BCUT2D eigenvalue weighted by Gasteiger charge is 2.26. The van der Waals surface area contributed by atoms with Crippen LogP contribution in [0.3, 0.4) is 0 Å². The van der Waals surface area contributed by atoms with Crippen LogP contribution in [0.5, 0.6) is 5.75 Å². The number of thiol groups is 1. The van der Waals surface area contributed by atoms with E-state index in [1.807, 2.05) is 26.0 Å². The predicted octanol–water partition coefficient (Wildman–Crippen LogP) is 5.17. The van der Waals surface area contributed by atoms with Crippen LogP contribution < -0.4 is 0 Å². The fourth-order valence-electron chi connectivity index (χ4n) is 2.56. The van der Waals surface area contributed by atoms with E-state index in [0.29, 0.717) is 25.2 Å². The van der Waals surface area contributed by atoms with Crippen LogP contribution >= 0.6 is 12.6 Å². The van der Waals surface area contributed by atoms with Gasteiger partial charge in [0, 0.05) is 11.2 Å². The van der Waals surface area contributed by atoms with Crippen LogP contribution in [0.15, 0.2) is 12.1 Å². The molecule has 3 nitrogen and oxygen atoms in total. The van der Waals surface area contributed by atoms with E-state index in [0.717, 1.165) is 16.7 Å². The Morgan fingerprint density at radius 3 is 1.80 bits per heavy atom. The molecule has 0 bridgehead atoms. The average molecular weight is 367 g/mol. The number of carbonyl (C=O) groups excluding carboxylic acids is 1. The SMILES string of the molecule is CC(C)(S)COC(=O)CCc1cc(C(C)(C)C)c(O)c(C(C)(C)C)c1. The first-order chi connectivity index (χ1) is 11.1. The van der Waals surface area contributed by atoms with Gasteiger partial charge in [-0.05, 0) is 47.8 Å². The number of phenolic OH excluding ortho intramolecular Hbond substituents is 1. The number of aromatic hydroxyl groups is 1. The van der Waals surface area contributed by atoms with Gasteiger partial charge < -0.3 is 9.84 Å². The van der Waals surface area contributed by atoms with Gasteiger partial charge >= 0.3 is 5.97 Å². The van der Waals surface area contributed by atoms with Crippen molar-refractivity contribution in [1.82, 2.24) is 0 Å². The minimum absolute atomic E-state index is 0.170. The number of ether oxygens (including phenoxy) is 1. The smallest absolute Gasteiger partial charge is 0.306 e. The molecule has 142 valence electrons. The van der Waals surface area contributed by atoms with Crippen molar-refractivity contribution in [2.24, 2.45) is 0 Å². The molecule has 0 fully saturated rings. The van der Waals surface area contributed by atoms with Crippen molar-refractivity contribution in [2.75, 3.05) is 6.61 Å². The minimum Gasteiger partial charge on any atom is -0.507 e. The summed E-state index contributed by atoms with van der Waals surface area (Å²) >= 11 is 4.36. The first-order valence-corrected chi connectivity index (χ1v) is 9.31. The van der Waals surface area contributed by atoms with E-state index in [4.69, 9.17) is 4.74 Å². The molecular weight excluding hydrogens is 332 g/mol. The molecular formula is C21H34O3S. The molecule has 0 atom stereocenters. The van der Waals surface area contributed by atoms with E-state index in [9.17, 15) is 9.90 Å². The Hall–Kier alpha value is -1.16. The molecule has 0 aliphatic rings. The molecule has 4 heteroatoms. The van der Waals surface area contributed by atoms with Crippen molar-refractivity contribution < 1.29 is 14.6 Å². The third-order valence-electron chi connectivity index (χ3n) is 3.99. The van der Waals surface area contributed by atoms with Gasteiger partial charge in [-0.25, -0.2) is 0 Å². The summed E-state index contributed by atoms with van der Waals surface area (Å²) in [6.07, 6.45) is 0.917. The molecule has 1 rings (SSSR count). The number of hydrogen-bond donors (Lipinski definition) is 2. The van der Waals surface area contributed by atoms with Crippen LogP contribution in [-0.2, 0) is 26.8 Å². The van der Waals surface area contributed by atoms with Gasteiger partial charge in [0.05, 0.1) is 0 Å². The molecule has 0 radical (unpaired) electrons. The number of hydrogen-bond acceptors (Lipinski definition) is 4. The Morgan fingerprint density at radius 2 is 1.44 bits per heavy atom. The zero-order valence-electron chi connectivity index (χ0n) is 17.0. The Kier molecular flexibility index (Phi) is 6.66. The lowest BCUT2D eigenvalue weighted by Gasteiger charge is -2.28. The Labute approximate surface area is 158 Å². The maximum absolute atomic E-state index is 12.0. The highest BCUT2D eigenvalue weighted by molar-refractivity contribution is 7.81. The Bertz CT molecular complexity index is 578. The monoisotopic (exact) mass is 366 g/mol. The summed E-state index contributed by atoms with van der Waals surface area (Å²) in [7, 11) is 0. The standard InChI is InChI=1S/C21H34O3S/c1-19(2,3)15-11-14(12-16(18(15)23)20(4,5)6)9-10-17(22)24-13-21(7,8)25/h11-12,23,25H,9-10,13H2,1-8H3. The lowest BCUT2D eigenvalue weighted by Crippen LogP contribution is -2.22. The molecule has 0 aliphatic heterocycles. The first-order valence-electron chi connectivity index (χ1n) is 8.86. The van der Waals surface area contributed by atoms with E-state index in [1.165, 1.54) is 0 Å². The second-order valence-corrected chi connectivity index (χ2v) is 10.7. The fraction of sp³-hybridized carbons (Fsp3) is 0.667. The van der Waals surface area contributed by atoms with Crippen molar-refractivity contribution in [3.8, 4) is 5.75 Å². The molecule has 0 spiro atoms. The summed E-state index contributed by atoms with van der Waals surface area (Å²) in [6, 6.07) is 4.03. The summed E-state index contributed by atoms with van der Waals surface area (Å²) in [5.41, 5.74) is 2.54. The quantitative estimate of drug-likeness (QED) is 0.558. The van der Waals surface area contributed by atoms with Crippen molar-refractivity contribution >= 4 is 18.6 Å². The molecule has 1 aromatic rings. The number of rotatable bonds is 5. The van der Waals surface area contributed by atoms with Gasteiger partial charge in [-0.2, -0.15) is 12.6 Å². The highest BCUT2D eigenvalue weighted by atomic mass is 32.1. The molecule has 0 unspecified atom stereocenters. The van der Waals surface area contributed by atoms with Gasteiger partial charge in [0.1, 0.15) is 12.4 Å². The average Bonchev–Trinajstić information content (AvgIpc) is 2.40. The van der Waals surface area contributed by atoms with Gasteiger partial charge in [-0.15, -0.1) is 0 Å². The van der Waals surface area contributed by atoms with Gasteiger partial charge in [-0.3, -0.25) is 4.79 Å². The van der Waals surface area contributed by atoms with Crippen LogP contribution in [-0.4, -0.2) is 22.4 Å². The third kappa shape index (κ3) is 6.93. The first kappa shape index (κ1) is 21.9. The minimum atomic E-state index is -0.326. The summed E-state index contributed by atoms with van der Waals surface area (Å²) in [6.45, 7) is 16.6. The maximum Gasteiger partial charge on any atom is 0.306 e. The van der Waals surface area contributed by atoms with Crippen LogP contribution in [0.25, 0.3) is 0 Å². The van der Waals surface area contributed by atoms with Crippen LogP contribution in [0.2, 0.25) is 0 Å². The topological polar surface area (TPSA) is 46.5 Å². The highest BCUT2D eigenvalue weighted by Crippen LogP contribution is 2.40. The Balaban J connectivity index is 3.02. The molecule has 0 heterocycles. The maximum atomic E-state index is 12.0. The van der Waals surface area contributed by atoms with Crippen molar-refractivity contribution in [2.45, 2.75) is 83.8 Å². The number of esters is 1. The van der Waals surface area contributed by atoms with E-state index < -0.39 is 0 Å². The number of benzene rings is 1. The van der Waals surface area contributed by atoms with Gasteiger partial charge in [-0.1, -0.05) is 53.7 Å². The third-order valence-corrected chi connectivity index (χ3v) is 4.12. The van der Waals surface area contributed by atoms with Crippen LogP contribution in [0.4, 0.5) is 0 Å². The zero-order valence-corrected chi connectivity index (χ0v) is 17.9. The van der Waals surface area contributed by atoms with Crippen molar-refractivity contribution in [1.29, 1.82) is 0 Å². The summed E-state index contributed by atoms with van der Waals surface area (Å²) < 4.78 is 4.96. The number of carbonyl (C=O) groups is 1. The second kappa shape index (κ2) is 7.61. The zero-order chi connectivity index (χ0) is 19.6. The lowest BCUT2D eigenvalue weighted by molar-refractivity contribution is -0.144. The molecule has 0 amide bonds. The molecule has 0 aromatic heterocycles. The lowest BCUT2D eigenvalue weighted by atomic mass is 9.78. The number of phenols is 1. The van der Waals surface area contributed by atoms with Gasteiger partial charge in [0.2, 0.25) is 0 Å². The van der Waals surface area contributed by atoms with Gasteiger partial charge in [0.15, 0.2) is 0 Å². The largest absolute Gasteiger partial charge is 0.507 e. The molecule has 0 saturated carbocycles. The predicted molar refractivity (Wildman–Crippen MR) is 108 cm³/mol. The summed E-state index contributed by atoms with van der Waals surface area (Å²) in [4.78, 5) is 12.0. The summed E-state index contributed by atoms with van der Waals surface area (Å²) in [5.74, 6) is 0.146. The Morgan fingerprint density at radius 1 is 1.00 bits per heavy atom. The van der Waals surface area contributed by atoms with E-state index in [-0.39, 0.29) is 21.5 Å². The summed E-state index contributed by atoms with van der Waals surface area (Å²) in [5, 5.41) is 10.7. The molecule has 0 aliphatic carbocycles. The van der Waals surface area contributed by atoms with Crippen LogP contribution in [0.1, 0.15) is 78.5 Å². The van der Waals surface area contributed by atoms with Crippen LogP contribution in [0, 0.1) is 0 Å². The van der Waals surface area contributed by atoms with E-state index in [1.54, 1.807) is 0 Å². The van der Waals surface area contributed by atoms with E-state index in [2.05, 4.69) is 54.2 Å².